The van der Waals surface area contributed by atoms with Crippen LogP contribution in [0.25, 0.3) is 11.0 Å². The molecular formula is C17H14N4O4. The van der Waals surface area contributed by atoms with E-state index in [1.165, 1.54) is 10.6 Å². The fourth-order valence-electron chi connectivity index (χ4n) is 2.51. The molecule has 0 saturated carbocycles. The summed E-state index contributed by atoms with van der Waals surface area (Å²) in [5.74, 6) is -0.461. The van der Waals surface area contributed by atoms with E-state index in [1.807, 2.05) is 0 Å². The van der Waals surface area contributed by atoms with E-state index in [9.17, 15) is 19.7 Å². The van der Waals surface area contributed by atoms with Crippen LogP contribution in [0.5, 0.6) is 0 Å². The van der Waals surface area contributed by atoms with Crippen LogP contribution in [0, 0.1) is 17.0 Å². The summed E-state index contributed by atoms with van der Waals surface area (Å²) in [5, 5.41) is 13.6. The van der Waals surface area contributed by atoms with Crippen molar-refractivity contribution in [2.75, 3.05) is 5.32 Å². The van der Waals surface area contributed by atoms with Gasteiger partial charge in [0.2, 0.25) is 5.91 Å². The predicted molar refractivity (Wildman–Crippen MR) is 92.5 cm³/mol. The number of aromatic nitrogens is 2. The Bertz CT molecular complexity index is 1040. The number of hydrogen-bond acceptors (Lipinski definition) is 5. The second-order valence-corrected chi connectivity index (χ2v) is 5.48. The van der Waals surface area contributed by atoms with Gasteiger partial charge in [-0.3, -0.25) is 24.3 Å². The summed E-state index contributed by atoms with van der Waals surface area (Å²) in [5.41, 5.74) is 1.46. The van der Waals surface area contributed by atoms with Gasteiger partial charge in [0.05, 0.1) is 22.2 Å². The molecule has 1 N–H and O–H groups in total. The lowest BCUT2D eigenvalue weighted by atomic mass is 10.2. The minimum Gasteiger partial charge on any atom is -0.324 e. The molecule has 1 amide bonds. The fourth-order valence-corrected chi connectivity index (χ4v) is 2.51. The van der Waals surface area contributed by atoms with Crippen LogP contribution in [-0.2, 0) is 11.3 Å². The largest absolute Gasteiger partial charge is 0.324 e. The van der Waals surface area contributed by atoms with Crippen LogP contribution >= 0.6 is 0 Å². The Morgan fingerprint density at radius 1 is 1.28 bits per heavy atom. The molecule has 0 aliphatic carbocycles. The summed E-state index contributed by atoms with van der Waals surface area (Å²) < 4.78 is 1.31. The number of carbonyl (C=O) groups excluding carboxylic acids is 1. The normalized spacial score (nSPS) is 10.6. The highest BCUT2D eigenvalue weighted by Gasteiger charge is 2.13. The molecule has 1 heterocycles. The Hall–Kier alpha value is -3.55. The molecule has 0 fully saturated rings. The van der Waals surface area contributed by atoms with Crippen molar-refractivity contribution in [2.24, 2.45) is 0 Å². The Balaban J connectivity index is 1.87. The predicted octanol–water partition coefficient (Wildman–Crippen LogP) is 2.25. The fraction of sp³-hybridized carbons (Fsp3) is 0.118. The molecular weight excluding hydrogens is 324 g/mol. The molecule has 0 radical (unpaired) electrons. The number of fused-ring (bicyclic) bond motifs is 1. The smallest absolute Gasteiger partial charge is 0.274 e. The molecule has 0 aliphatic heterocycles. The van der Waals surface area contributed by atoms with Gasteiger partial charge in [-0.05, 0) is 25.1 Å². The first-order valence-corrected chi connectivity index (χ1v) is 7.45. The first kappa shape index (κ1) is 16.3. The standard InChI is InChI=1S/C17H14N4O4/c1-11-6-7-12(8-15(11)21(24)25)19-16(22)10-20-14-5-3-2-4-13(14)18-9-17(20)23/h2-9H,10H2,1H3,(H,19,22). The summed E-state index contributed by atoms with van der Waals surface area (Å²) in [6, 6.07) is 11.4. The number of benzene rings is 2. The number of nitro benzene ring substituents is 1. The molecule has 0 spiro atoms. The van der Waals surface area contributed by atoms with Crippen molar-refractivity contribution >= 4 is 28.3 Å². The summed E-state index contributed by atoms with van der Waals surface area (Å²) in [4.78, 5) is 38.8. The third-order valence-corrected chi connectivity index (χ3v) is 3.74. The number of nitro groups is 1. The number of nitrogens with one attached hydrogen (secondary N) is 1. The number of amides is 1. The van der Waals surface area contributed by atoms with Crippen LogP contribution in [-0.4, -0.2) is 20.4 Å². The van der Waals surface area contributed by atoms with E-state index < -0.39 is 16.4 Å². The molecule has 0 bridgehead atoms. The van der Waals surface area contributed by atoms with Gasteiger partial charge < -0.3 is 5.32 Å². The molecule has 25 heavy (non-hydrogen) atoms. The van der Waals surface area contributed by atoms with Gasteiger partial charge in [0.1, 0.15) is 6.54 Å². The number of para-hydroxylation sites is 2. The lowest BCUT2D eigenvalue weighted by Gasteiger charge is -2.10. The average molecular weight is 338 g/mol. The van der Waals surface area contributed by atoms with Crippen LogP contribution in [0.3, 0.4) is 0 Å². The van der Waals surface area contributed by atoms with Gasteiger partial charge in [-0.1, -0.05) is 18.2 Å². The highest BCUT2D eigenvalue weighted by Crippen LogP contribution is 2.22. The number of nitrogens with zero attached hydrogens (tertiary/aromatic N) is 3. The van der Waals surface area contributed by atoms with E-state index in [0.717, 1.165) is 6.20 Å². The summed E-state index contributed by atoms with van der Waals surface area (Å²) in [7, 11) is 0. The first-order chi connectivity index (χ1) is 12.0. The molecule has 2 aromatic carbocycles. The van der Waals surface area contributed by atoms with Crippen molar-refractivity contribution in [3.8, 4) is 0 Å². The first-order valence-electron chi connectivity index (χ1n) is 7.45. The lowest BCUT2D eigenvalue weighted by molar-refractivity contribution is -0.385. The Morgan fingerprint density at radius 3 is 2.80 bits per heavy atom. The zero-order valence-corrected chi connectivity index (χ0v) is 13.3. The minimum atomic E-state index is -0.508. The molecule has 0 unspecified atom stereocenters. The molecule has 0 atom stereocenters. The van der Waals surface area contributed by atoms with E-state index in [-0.39, 0.29) is 12.2 Å². The zero-order valence-electron chi connectivity index (χ0n) is 13.3. The quantitative estimate of drug-likeness (QED) is 0.580. The topological polar surface area (TPSA) is 107 Å². The van der Waals surface area contributed by atoms with Gasteiger partial charge in [-0.25, -0.2) is 4.98 Å². The SMILES string of the molecule is Cc1ccc(NC(=O)Cn2c(=O)cnc3ccccc32)cc1[N+](=O)[O-]. The molecule has 1 aromatic heterocycles. The van der Waals surface area contributed by atoms with E-state index >= 15 is 0 Å². The minimum absolute atomic E-state index is 0.0793. The van der Waals surface area contributed by atoms with Crippen molar-refractivity contribution in [3.63, 3.8) is 0 Å². The number of hydrogen-bond donors (Lipinski definition) is 1. The summed E-state index contributed by atoms with van der Waals surface area (Å²) in [6.45, 7) is 1.40. The van der Waals surface area contributed by atoms with Crippen LogP contribution < -0.4 is 10.9 Å². The van der Waals surface area contributed by atoms with Gasteiger partial charge in [-0.2, -0.15) is 0 Å². The molecule has 8 heteroatoms. The van der Waals surface area contributed by atoms with Crippen LogP contribution in [0.1, 0.15) is 5.56 Å². The summed E-state index contributed by atoms with van der Waals surface area (Å²) in [6.07, 6.45) is 1.16. The molecule has 8 nitrogen and oxygen atoms in total. The van der Waals surface area contributed by atoms with Crippen molar-refractivity contribution < 1.29 is 9.72 Å². The average Bonchev–Trinajstić information content (AvgIpc) is 2.59. The maximum Gasteiger partial charge on any atom is 0.274 e. The molecule has 0 saturated heterocycles. The van der Waals surface area contributed by atoms with Crippen molar-refractivity contribution in [1.82, 2.24) is 9.55 Å². The second kappa shape index (κ2) is 6.52. The van der Waals surface area contributed by atoms with Gasteiger partial charge >= 0.3 is 0 Å². The number of anilines is 1. The van der Waals surface area contributed by atoms with Gasteiger partial charge in [-0.15, -0.1) is 0 Å². The lowest BCUT2D eigenvalue weighted by Crippen LogP contribution is -2.28. The maximum absolute atomic E-state index is 12.3. The van der Waals surface area contributed by atoms with E-state index in [2.05, 4.69) is 10.3 Å². The summed E-state index contributed by atoms with van der Waals surface area (Å²) >= 11 is 0. The van der Waals surface area contributed by atoms with Gasteiger partial charge in [0.15, 0.2) is 0 Å². The molecule has 3 rings (SSSR count). The Kier molecular flexibility index (Phi) is 4.25. The Labute approximate surface area is 141 Å². The number of carbonyl (C=O) groups is 1. The Morgan fingerprint density at radius 2 is 2.04 bits per heavy atom. The van der Waals surface area contributed by atoms with Crippen molar-refractivity contribution in [3.05, 3.63) is 74.7 Å². The van der Waals surface area contributed by atoms with Crippen molar-refractivity contribution in [2.45, 2.75) is 13.5 Å². The third-order valence-electron chi connectivity index (χ3n) is 3.74. The van der Waals surface area contributed by atoms with Crippen LogP contribution in [0.15, 0.2) is 53.5 Å². The molecule has 0 aliphatic rings. The zero-order chi connectivity index (χ0) is 18.0. The molecule has 3 aromatic rings. The molecule has 126 valence electrons. The van der Waals surface area contributed by atoms with E-state index in [4.69, 9.17) is 0 Å². The number of rotatable bonds is 4. The highest BCUT2D eigenvalue weighted by molar-refractivity contribution is 5.91. The van der Waals surface area contributed by atoms with Crippen molar-refractivity contribution in [1.29, 1.82) is 0 Å². The van der Waals surface area contributed by atoms with E-state index in [1.54, 1.807) is 43.3 Å². The van der Waals surface area contributed by atoms with Crippen LogP contribution in [0.4, 0.5) is 11.4 Å². The van der Waals surface area contributed by atoms with Gasteiger partial charge in [0.25, 0.3) is 11.2 Å². The maximum atomic E-state index is 12.3. The second-order valence-electron chi connectivity index (χ2n) is 5.48. The van der Waals surface area contributed by atoms with Gasteiger partial charge in [0, 0.05) is 17.3 Å². The number of aryl methyl sites for hydroxylation is 1. The van der Waals surface area contributed by atoms with E-state index in [0.29, 0.717) is 22.3 Å². The monoisotopic (exact) mass is 338 g/mol. The van der Waals surface area contributed by atoms with Crippen LogP contribution in [0.2, 0.25) is 0 Å². The highest BCUT2D eigenvalue weighted by atomic mass is 16.6. The third kappa shape index (κ3) is 3.37.